The minimum atomic E-state index is -1.07. The van der Waals surface area contributed by atoms with Crippen molar-refractivity contribution in [2.24, 2.45) is 5.73 Å². The van der Waals surface area contributed by atoms with E-state index in [1.807, 2.05) is 0 Å². The summed E-state index contributed by atoms with van der Waals surface area (Å²) in [5, 5.41) is 23.6. The third-order valence-corrected chi connectivity index (χ3v) is 4.69. The highest BCUT2D eigenvalue weighted by Gasteiger charge is 2.34. The summed E-state index contributed by atoms with van der Waals surface area (Å²) in [7, 11) is 0. The number of aromatic hydroxyl groups is 1. The van der Waals surface area contributed by atoms with E-state index in [2.05, 4.69) is 10.6 Å². The highest BCUT2D eigenvalue weighted by atomic mass is 16.4. The molecule has 2 rings (SSSR count). The number of benzene rings is 1. The van der Waals surface area contributed by atoms with E-state index in [9.17, 15) is 29.4 Å². The van der Waals surface area contributed by atoms with Crippen LogP contribution in [-0.4, -0.2) is 70.0 Å². The van der Waals surface area contributed by atoms with E-state index in [0.717, 1.165) is 0 Å². The Morgan fingerprint density at radius 1 is 1.21 bits per heavy atom. The van der Waals surface area contributed by atoms with Crippen LogP contribution in [0, 0.1) is 0 Å². The number of carboxylic acid groups (broad SMARTS) is 1. The Bertz CT molecular complexity index is 764. The average Bonchev–Trinajstić information content (AvgIpc) is 3.17. The Labute approximate surface area is 168 Å². The van der Waals surface area contributed by atoms with Gasteiger partial charge in [-0.15, -0.1) is 0 Å². The van der Waals surface area contributed by atoms with E-state index in [-0.39, 0.29) is 18.7 Å². The predicted molar refractivity (Wildman–Crippen MR) is 103 cm³/mol. The highest BCUT2D eigenvalue weighted by molar-refractivity contribution is 5.92. The fourth-order valence-corrected chi connectivity index (χ4v) is 3.09. The molecule has 1 saturated heterocycles. The van der Waals surface area contributed by atoms with Gasteiger partial charge >= 0.3 is 5.97 Å². The molecule has 0 saturated carbocycles. The first-order valence-corrected chi connectivity index (χ1v) is 9.33. The van der Waals surface area contributed by atoms with Crippen molar-refractivity contribution in [3.63, 3.8) is 0 Å². The number of nitrogens with zero attached hydrogens (tertiary/aromatic N) is 1. The predicted octanol–water partition coefficient (Wildman–Crippen LogP) is -1.04. The maximum Gasteiger partial charge on any atom is 0.326 e. The Kier molecular flexibility index (Phi) is 7.54. The maximum atomic E-state index is 12.6. The molecular formula is C19H26N4O6. The number of nitrogens with one attached hydrogen (secondary N) is 2. The lowest BCUT2D eigenvalue weighted by molar-refractivity contribution is -0.148. The van der Waals surface area contributed by atoms with Crippen LogP contribution < -0.4 is 16.4 Å². The maximum absolute atomic E-state index is 12.6. The first kappa shape index (κ1) is 22.2. The van der Waals surface area contributed by atoms with E-state index >= 15 is 0 Å². The van der Waals surface area contributed by atoms with E-state index < -0.39 is 41.8 Å². The molecule has 1 aromatic rings. The lowest BCUT2D eigenvalue weighted by Gasteiger charge is -2.23. The van der Waals surface area contributed by atoms with Gasteiger partial charge in [-0.1, -0.05) is 12.1 Å². The van der Waals surface area contributed by atoms with Crippen molar-refractivity contribution in [3.8, 4) is 5.75 Å². The number of nitrogens with two attached hydrogens (primary N) is 1. The van der Waals surface area contributed by atoms with Crippen molar-refractivity contribution in [2.45, 2.75) is 44.3 Å². The molecule has 29 heavy (non-hydrogen) atoms. The topological polar surface area (TPSA) is 162 Å². The molecule has 3 atom stereocenters. The van der Waals surface area contributed by atoms with Gasteiger partial charge < -0.3 is 31.5 Å². The second-order valence-electron chi connectivity index (χ2n) is 7.02. The van der Waals surface area contributed by atoms with Crippen molar-refractivity contribution >= 4 is 23.7 Å². The molecule has 1 heterocycles. The monoisotopic (exact) mass is 406 g/mol. The zero-order valence-corrected chi connectivity index (χ0v) is 16.1. The zero-order valence-electron chi connectivity index (χ0n) is 16.1. The fraction of sp³-hybridized carbons (Fsp3) is 0.474. The number of aliphatic carboxylic acids is 1. The normalized spacial score (nSPS) is 18.0. The van der Waals surface area contributed by atoms with Crippen molar-refractivity contribution in [1.29, 1.82) is 0 Å². The molecule has 1 aliphatic heterocycles. The van der Waals surface area contributed by atoms with Crippen molar-refractivity contribution < 1.29 is 29.4 Å². The van der Waals surface area contributed by atoms with Crippen LogP contribution in [0.2, 0.25) is 0 Å². The van der Waals surface area contributed by atoms with Gasteiger partial charge in [0.05, 0.1) is 12.6 Å². The number of carbonyl (C=O) groups excluding carboxylic acids is 3. The number of carbonyl (C=O) groups is 4. The molecule has 0 aromatic heterocycles. The Hall–Kier alpha value is -3.14. The molecule has 10 nitrogen and oxygen atoms in total. The molecule has 1 fully saturated rings. The molecule has 10 heteroatoms. The summed E-state index contributed by atoms with van der Waals surface area (Å²) in [6, 6.07) is 3.44. The molecule has 1 aromatic carbocycles. The average molecular weight is 406 g/mol. The van der Waals surface area contributed by atoms with Gasteiger partial charge in [0.15, 0.2) is 0 Å². The Morgan fingerprint density at radius 3 is 2.45 bits per heavy atom. The SMILES string of the molecule is CC(N)C(=O)NC(Cc1ccc(O)cc1)C(=O)NCC(=O)N1CCCC1C(=O)O. The minimum Gasteiger partial charge on any atom is -0.508 e. The van der Waals surface area contributed by atoms with Gasteiger partial charge in [-0.05, 0) is 37.5 Å². The molecule has 0 radical (unpaired) electrons. The number of hydrogen-bond acceptors (Lipinski definition) is 6. The molecule has 3 unspecified atom stereocenters. The third-order valence-electron chi connectivity index (χ3n) is 4.69. The van der Waals surface area contributed by atoms with Gasteiger partial charge in [0.25, 0.3) is 0 Å². The molecule has 0 bridgehead atoms. The van der Waals surface area contributed by atoms with Crippen LogP contribution in [0.25, 0.3) is 0 Å². The fourth-order valence-electron chi connectivity index (χ4n) is 3.09. The minimum absolute atomic E-state index is 0.0681. The van der Waals surface area contributed by atoms with Crippen molar-refractivity contribution in [3.05, 3.63) is 29.8 Å². The van der Waals surface area contributed by atoms with E-state index in [1.165, 1.54) is 24.0 Å². The van der Waals surface area contributed by atoms with E-state index in [0.29, 0.717) is 24.9 Å². The first-order chi connectivity index (χ1) is 13.7. The van der Waals surface area contributed by atoms with Crippen molar-refractivity contribution in [1.82, 2.24) is 15.5 Å². The number of carboxylic acids is 1. The molecule has 158 valence electrons. The molecular weight excluding hydrogens is 380 g/mol. The van der Waals surface area contributed by atoms with E-state index in [1.54, 1.807) is 12.1 Å². The van der Waals surface area contributed by atoms with Gasteiger partial charge in [0.1, 0.15) is 17.8 Å². The summed E-state index contributed by atoms with van der Waals surface area (Å²) in [6.45, 7) is 1.43. The molecule has 6 N–H and O–H groups in total. The van der Waals surface area contributed by atoms with E-state index in [4.69, 9.17) is 5.73 Å². The quantitative estimate of drug-likeness (QED) is 0.368. The number of phenolic OH excluding ortho intramolecular Hbond substituents is 1. The summed E-state index contributed by atoms with van der Waals surface area (Å²) in [6.07, 6.45) is 1.09. The van der Waals surface area contributed by atoms with Gasteiger partial charge in [-0.25, -0.2) is 4.79 Å². The Balaban J connectivity index is 2.02. The first-order valence-electron chi connectivity index (χ1n) is 9.33. The molecule has 0 spiro atoms. The van der Waals surface area contributed by atoms with Crippen LogP contribution in [0.15, 0.2) is 24.3 Å². The summed E-state index contributed by atoms with van der Waals surface area (Å²) < 4.78 is 0. The summed E-state index contributed by atoms with van der Waals surface area (Å²) in [4.78, 5) is 49.4. The van der Waals surface area contributed by atoms with Crippen LogP contribution in [0.5, 0.6) is 5.75 Å². The van der Waals surface area contributed by atoms with Crippen molar-refractivity contribution in [2.75, 3.05) is 13.1 Å². The van der Waals surface area contributed by atoms with Gasteiger partial charge in [-0.3, -0.25) is 14.4 Å². The second-order valence-corrected chi connectivity index (χ2v) is 7.02. The zero-order chi connectivity index (χ0) is 21.6. The number of rotatable bonds is 8. The number of hydrogen-bond donors (Lipinski definition) is 5. The highest BCUT2D eigenvalue weighted by Crippen LogP contribution is 2.17. The smallest absolute Gasteiger partial charge is 0.326 e. The van der Waals surface area contributed by atoms with Crippen LogP contribution in [0.1, 0.15) is 25.3 Å². The summed E-state index contributed by atoms with van der Waals surface area (Å²) in [5.41, 5.74) is 6.24. The van der Waals surface area contributed by atoms with Crippen LogP contribution in [0.3, 0.4) is 0 Å². The van der Waals surface area contributed by atoms with Gasteiger partial charge in [-0.2, -0.15) is 0 Å². The second kappa shape index (κ2) is 9.87. The Morgan fingerprint density at radius 2 is 1.86 bits per heavy atom. The van der Waals surface area contributed by atoms with Gasteiger partial charge in [0, 0.05) is 13.0 Å². The van der Waals surface area contributed by atoms with Gasteiger partial charge in [0.2, 0.25) is 17.7 Å². The van der Waals surface area contributed by atoms with Crippen LogP contribution in [-0.2, 0) is 25.6 Å². The molecule has 0 aliphatic carbocycles. The largest absolute Gasteiger partial charge is 0.508 e. The molecule has 3 amide bonds. The standard InChI is InChI=1S/C19H26N4O6/c1-11(20)17(26)22-14(9-12-4-6-13(24)7-5-12)18(27)21-10-16(25)23-8-2-3-15(23)19(28)29/h4-7,11,14-15,24H,2-3,8-10,20H2,1H3,(H,21,27)(H,22,26)(H,28,29). The third kappa shape index (κ3) is 6.18. The summed E-state index contributed by atoms with van der Waals surface area (Å²) >= 11 is 0. The number of amides is 3. The summed E-state index contributed by atoms with van der Waals surface area (Å²) in [5.74, 6) is -2.62. The lowest BCUT2D eigenvalue weighted by Crippen LogP contribution is -2.53. The van der Waals surface area contributed by atoms with Crippen LogP contribution >= 0.6 is 0 Å². The number of phenols is 1. The van der Waals surface area contributed by atoms with Crippen LogP contribution in [0.4, 0.5) is 0 Å². The molecule has 1 aliphatic rings. The lowest BCUT2D eigenvalue weighted by atomic mass is 10.0. The number of likely N-dealkylation sites (tertiary alicyclic amines) is 1.